The molecule has 0 saturated carbocycles. The van der Waals surface area contributed by atoms with E-state index in [0.717, 1.165) is 17.9 Å². The molecule has 0 aliphatic carbocycles. The predicted molar refractivity (Wildman–Crippen MR) is 76.7 cm³/mol. The Morgan fingerprint density at radius 1 is 1.28 bits per heavy atom. The van der Waals surface area contributed by atoms with Crippen molar-refractivity contribution >= 4 is 0 Å². The first-order valence-corrected chi connectivity index (χ1v) is 6.55. The highest BCUT2D eigenvalue weighted by Crippen LogP contribution is 2.22. The van der Waals surface area contributed by atoms with Gasteiger partial charge < -0.3 is 10.5 Å². The minimum atomic E-state index is 0.538. The second kappa shape index (κ2) is 6.76. The smallest absolute Gasteiger partial charge is 0.123 e. The number of ether oxygens (including phenoxy) is 1. The Hall–Kier alpha value is -1.06. The Morgan fingerprint density at radius 2 is 1.94 bits per heavy atom. The average Bonchev–Trinajstić information content (AvgIpc) is 2.37. The van der Waals surface area contributed by atoms with Crippen LogP contribution in [-0.2, 0) is 13.1 Å². The van der Waals surface area contributed by atoms with E-state index in [9.17, 15) is 0 Å². The van der Waals surface area contributed by atoms with Gasteiger partial charge in [-0.1, -0.05) is 19.9 Å². The van der Waals surface area contributed by atoms with Crippen molar-refractivity contribution in [2.75, 3.05) is 14.2 Å². The van der Waals surface area contributed by atoms with Crippen LogP contribution in [0, 0.1) is 5.92 Å². The van der Waals surface area contributed by atoms with Crippen LogP contribution >= 0.6 is 0 Å². The second-order valence-corrected chi connectivity index (χ2v) is 5.25. The van der Waals surface area contributed by atoms with E-state index in [-0.39, 0.29) is 0 Å². The molecule has 0 aromatic heterocycles. The molecule has 0 fully saturated rings. The Morgan fingerprint density at radius 3 is 2.44 bits per heavy atom. The first kappa shape index (κ1) is 15.0. The van der Waals surface area contributed by atoms with Gasteiger partial charge in [-0.05, 0) is 37.6 Å². The van der Waals surface area contributed by atoms with Gasteiger partial charge in [-0.2, -0.15) is 0 Å². The number of nitrogens with zero attached hydrogens (tertiary/aromatic N) is 1. The maximum atomic E-state index is 5.69. The number of benzene rings is 1. The molecule has 1 aromatic carbocycles. The summed E-state index contributed by atoms with van der Waals surface area (Å²) in [6.07, 6.45) is 0. The summed E-state index contributed by atoms with van der Waals surface area (Å²) in [5, 5.41) is 0. The van der Waals surface area contributed by atoms with Crippen LogP contribution in [0.1, 0.15) is 31.9 Å². The summed E-state index contributed by atoms with van der Waals surface area (Å²) >= 11 is 0. The number of methoxy groups -OCH3 is 1. The van der Waals surface area contributed by atoms with Crippen molar-refractivity contribution in [3.05, 3.63) is 29.3 Å². The van der Waals surface area contributed by atoms with Gasteiger partial charge in [-0.3, -0.25) is 4.90 Å². The molecule has 0 spiro atoms. The van der Waals surface area contributed by atoms with Crippen LogP contribution < -0.4 is 10.5 Å². The number of hydrogen-bond donors (Lipinski definition) is 1. The van der Waals surface area contributed by atoms with Gasteiger partial charge in [0.05, 0.1) is 7.11 Å². The van der Waals surface area contributed by atoms with E-state index in [1.807, 2.05) is 12.1 Å². The zero-order valence-electron chi connectivity index (χ0n) is 12.2. The Bertz CT molecular complexity index is 377. The van der Waals surface area contributed by atoms with Crippen LogP contribution in [0.15, 0.2) is 18.2 Å². The van der Waals surface area contributed by atoms with E-state index in [0.29, 0.717) is 18.5 Å². The molecule has 1 atom stereocenters. The lowest BCUT2D eigenvalue weighted by atomic mass is 10.0. The molecule has 2 N–H and O–H groups in total. The molecular formula is C15H26N2O. The Labute approximate surface area is 111 Å². The van der Waals surface area contributed by atoms with Gasteiger partial charge in [0.2, 0.25) is 0 Å². The van der Waals surface area contributed by atoms with Crippen molar-refractivity contribution in [1.82, 2.24) is 4.90 Å². The number of rotatable bonds is 6. The molecule has 1 aromatic rings. The summed E-state index contributed by atoms with van der Waals surface area (Å²) in [6.45, 7) is 8.20. The maximum absolute atomic E-state index is 5.69. The van der Waals surface area contributed by atoms with E-state index < -0.39 is 0 Å². The highest BCUT2D eigenvalue weighted by molar-refractivity contribution is 5.37. The fourth-order valence-electron chi connectivity index (χ4n) is 2.00. The van der Waals surface area contributed by atoms with E-state index >= 15 is 0 Å². The van der Waals surface area contributed by atoms with Crippen molar-refractivity contribution in [3.8, 4) is 5.75 Å². The fraction of sp³-hybridized carbons (Fsp3) is 0.600. The minimum Gasteiger partial charge on any atom is -0.496 e. The molecule has 0 saturated heterocycles. The molecule has 102 valence electrons. The van der Waals surface area contributed by atoms with Crippen molar-refractivity contribution < 1.29 is 4.74 Å². The summed E-state index contributed by atoms with van der Waals surface area (Å²) in [7, 11) is 3.87. The van der Waals surface area contributed by atoms with Crippen molar-refractivity contribution in [1.29, 1.82) is 0 Å². The lowest BCUT2D eigenvalue weighted by molar-refractivity contribution is 0.198. The van der Waals surface area contributed by atoms with Crippen LogP contribution in [0.5, 0.6) is 5.75 Å². The van der Waals surface area contributed by atoms with Gasteiger partial charge in [0.1, 0.15) is 5.75 Å². The van der Waals surface area contributed by atoms with Crippen LogP contribution in [0.25, 0.3) is 0 Å². The standard InChI is InChI=1S/C15H26N2O/c1-11(2)12(3)17(4)10-14-8-13(9-16)6-7-15(14)18-5/h6-8,11-12H,9-10,16H2,1-5H3. The van der Waals surface area contributed by atoms with Crippen LogP contribution in [0.4, 0.5) is 0 Å². The molecule has 3 heteroatoms. The molecule has 18 heavy (non-hydrogen) atoms. The van der Waals surface area contributed by atoms with Crippen LogP contribution in [0.2, 0.25) is 0 Å². The zero-order valence-corrected chi connectivity index (χ0v) is 12.2. The average molecular weight is 250 g/mol. The Kier molecular flexibility index (Phi) is 5.63. The first-order chi connectivity index (χ1) is 8.49. The van der Waals surface area contributed by atoms with Gasteiger partial charge in [0.15, 0.2) is 0 Å². The summed E-state index contributed by atoms with van der Waals surface area (Å²) in [5.74, 6) is 1.58. The third-order valence-electron chi connectivity index (χ3n) is 3.66. The molecule has 0 aliphatic rings. The fourth-order valence-corrected chi connectivity index (χ4v) is 2.00. The summed E-state index contributed by atoms with van der Waals surface area (Å²) in [5.41, 5.74) is 8.05. The molecule has 0 heterocycles. The van der Waals surface area contributed by atoms with E-state index in [1.165, 1.54) is 5.56 Å². The molecule has 0 bridgehead atoms. The first-order valence-electron chi connectivity index (χ1n) is 6.55. The summed E-state index contributed by atoms with van der Waals surface area (Å²) in [4.78, 5) is 2.35. The largest absolute Gasteiger partial charge is 0.496 e. The molecule has 1 rings (SSSR count). The quantitative estimate of drug-likeness (QED) is 0.843. The third kappa shape index (κ3) is 3.72. The molecule has 3 nitrogen and oxygen atoms in total. The maximum Gasteiger partial charge on any atom is 0.123 e. The van der Waals surface area contributed by atoms with E-state index in [1.54, 1.807) is 7.11 Å². The molecular weight excluding hydrogens is 224 g/mol. The molecule has 1 unspecified atom stereocenters. The monoisotopic (exact) mass is 250 g/mol. The number of hydrogen-bond acceptors (Lipinski definition) is 3. The molecule has 0 radical (unpaired) electrons. The number of nitrogens with two attached hydrogens (primary N) is 1. The van der Waals surface area contributed by atoms with Gasteiger partial charge >= 0.3 is 0 Å². The van der Waals surface area contributed by atoms with Crippen LogP contribution in [0.3, 0.4) is 0 Å². The second-order valence-electron chi connectivity index (χ2n) is 5.25. The summed E-state index contributed by atoms with van der Waals surface area (Å²) < 4.78 is 5.42. The predicted octanol–water partition coefficient (Wildman–Crippen LogP) is 2.63. The topological polar surface area (TPSA) is 38.5 Å². The molecule has 0 amide bonds. The third-order valence-corrected chi connectivity index (χ3v) is 3.66. The minimum absolute atomic E-state index is 0.538. The zero-order chi connectivity index (χ0) is 13.7. The molecule has 0 aliphatic heterocycles. The lowest BCUT2D eigenvalue weighted by Gasteiger charge is -2.28. The summed E-state index contributed by atoms with van der Waals surface area (Å²) in [6, 6.07) is 6.71. The van der Waals surface area contributed by atoms with Crippen molar-refractivity contribution in [2.45, 2.75) is 39.9 Å². The van der Waals surface area contributed by atoms with Crippen molar-refractivity contribution in [3.63, 3.8) is 0 Å². The van der Waals surface area contributed by atoms with Gasteiger partial charge in [0.25, 0.3) is 0 Å². The van der Waals surface area contributed by atoms with Gasteiger partial charge in [0, 0.05) is 24.7 Å². The SMILES string of the molecule is COc1ccc(CN)cc1CN(C)C(C)C(C)C. The van der Waals surface area contributed by atoms with E-state index in [2.05, 4.69) is 38.8 Å². The highest BCUT2D eigenvalue weighted by Gasteiger charge is 2.15. The van der Waals surface area contributed by atoms with Crippen LogP contribution in [-0.4, -0.2) is 25.1 Å². The van der Waals surface area contributed by atoms with Gasteiger partial charge in [-0.15, -0.1) is 0 Å². The lowest BCUT2D eigenvalue weighted by Crippen LogP contribution is -2.32. The highest BCUT2D eigenvalue weighted by atomic mass is 16.5. The Balaban J connectivity index is 2.87. The normalized spacial score (nSPS) is 13.1. The van der Waals surface area contributed by atoms with Gasteiger partial charge in [-0.25, -0.2) is 0 Å². The van der Waals surface area contributed by atoms with E-state index in [4.69, 9.17) is 10.5 Å². The van der Waals surface area contributed by atoms with Crippen molar-refractivity contribution in [2.24, 2.45) is 11.7 Å².